The second-order valence-electron chi connectivity index (χ2n) is 11.9. The van der Waals surface area contributed by atoms with E-state index in [9.17, 15) is 4.79 Å². The normalized spacial score (nSPS) is 28.4. The molecule has 0 aromatic heterocycles. The van der Waals surface area contributed by atoms with Crippen LogP contribution in [0, 0.1) is 6.92 Å². The first-order valence-electron chi connectivity index (χ1n) is 15.2. The molecule has 8 nitrogen and oxygen atoms in total. The molecule has 3 aliphatic rings. The monoisotopic (exact) mass is 546 g/mol. The Morgan fingerprint density at radius 1 is 1.03 bits per heavy atom. The van der Waals surface area contributed by atoms with Crippen molar-refractivity contribution >= 4 is 11.8 Å². The van der Waals surface area contributed by atoms with E-state index < -0.39 is 29.9 Å². The van der Waals surface area contributed by atoms with Crippen LogP contribution in [-0.2, 0) is 23.7 Å². The number of ether oxygens (including phenoxy) is 5. The summed E-state index contributed by atoms with van der Waals surface area (Å²) in [5, 5.41) is 2.86. The Kier molecular flexibility index (Phi) is 11.1. The number of carbonyl (C=O) groups excluding carboxylic acids is 1. The van der Waals surface area contributed by atoms with Gasteiger partial charge in [0.25, 0.3) is 0 Å². The molecular weight excluding hydrogens is 496 g/mol. The fraction of sp³-hybridized carbons (Fsp3) is 0.774. The number of rotatable bonds is 14. The van der Waals surface area contributed by atoms with E-state index in [-0.39, 0.29) is 12.7 Å². The first-order chi connectivity index (χ1) is 18.8. The van der Waals surface area contributed by atoms with Gasteiger partial charge >= 0.3 is 6.09 Å². The third kappa shape index (κ3) is 8.64. The molecule has 0 aliphatic carbocycles. The standard InChI is InChI=1S/C31H50N2O6/c1-5-6-7-8-12-22-35-23-31-28(38-30(3,4)39-31)27(36-29(34)32-25-17-15-24(2)16-18-25)26(37-31)14-13-21-33-19-10-9-11-20-33/h15-18,26-28H,5-14,19-23H2,1-4H3,(H,32,34)/t26-,27+,28-,31-/m0/s1. The average Bonchev–Trinajstić information content (AvgIpc) is 3.32. The van der Waals surface area contributed by atoms with E-state index in [0.29, 0.717) is 12.3 Å². The van der Waals surface area contributed by atoms with Gasteiger partial charge in [-0.1, -0.05) is 56.7 Å². The number of carbonyl (C=O) groups is 1. The van der Waals surface area contributed by atoms with Crippen molar-refractivity contribution in [3.05, 3.63) is 29.8 Å². The highest BCUT2D eigenvalue weighted by atomic mass is 16.9. The highest BCUT2D eigenvalue weighted by Crippen LogP contribution is 2.47. The number of anilines is 1. The lowest BCUT2D eigenvalue weighted by Gasteiger charge is -2.29. The maximum Gasteiger partial charge on any atom is 0.412 e. The molecule has 3 aliphatic heterocycles. The summed E-state index contributed by atoms with van der Waals surface area (Å²) in [6.45, 7) is 12.2. The number of hydrogen-bond donors (Lipinski definition) is 1. The van der Waals surface area contributed by atoms with E-state index in [1.165, 1.54) is 38.5 Å². The summed E-state index contributed by atoms with van der Waals surface area (Å²) >= 11 is 0. The van der Waals surface area contributed by atoms with Crippen LogP contribution in [0.2, 0.25) is 0 Å². The fourth-order valence-corrected chi connectivity index (χ4v) is 5.96. The van der Waals surface area contributed by atoms with Crippen LogP contribution in [0.3, 0.4) is 0 Å². The van der Waals surface area contributed by atoms with Crippen molar-refractivity contribution in [3.63, 3.8) is 0 Å². The summed E-state index contributed by atoms with van der Waals surface area (Å²) in [6, 6.07) is 7.65. The summed E-state index contributed by atoms with van der Waals surface area (Å²) in [6.07, 6.45) is 9.37. The molecule has 0 unspecified atom stereocenters. The minimum atomic E-state index is -1.10. The van der Waals surface area contributed by atoms with Crippen molar-refractivity contribution in [1.82, 2.24) is 4.90 Å². The Bertz CT molecular complexity index is 888. The largest absolute Gasteiger partial charge is 0.440 e. The van der Waals surface area contributed by atoms with Crippen molar-refractivity contribution in [2.75, 3.05) is 38.2 Å². The van der Waals surface area contributed by atoms with E-state index in [4.69, 9.17) is 23.7 Å². The minimum absolute atomic E-state index is 0.247. The second-order valence-corrected chi connectivity index (χ2v) is 11.9. The summed E-state index contributed by atoms with van der Waals surface area (Å²) in [5.41, 5.74) is 1.81. The topological polar surface area (TPSA) is 78.5 Å². The molecule has 1 aromatic carbocycles. The Morgan fingerprint density at radius 3 is 2.51 bits per heavy atom. The van der Waals surface area contributed by atoms with Gasteiger partial charge in [-0.25, -0.2) is 4.79 Å². The smallest absolute Gasteiger partial charge is 0.412 e. The second kappa shape index (κ2) is 14.3. The number of piperidine rings is 1. The van der Waals surface area contributed by atoms with E-state index in [1.807, 2.05) is 45.0 Å². The van der Waals surface area contributed by atoms with Crippen LogP contribution in [0.15, 0.2) is 24.3 Å². The lowest BCUT2D eigenvalue weighted by molar-refractivity contribution is -0.278. The summed E-state index contributed by atoms with van der Waals surface area (Å²) in [4.78, 5) is 15.6. The zero-order valence-electron chi connectivity index (χ0n) is 24.5. The van der Waals surface area contributed by atoms with Gasteiger partial charge in [0.15, 0.2) is 18.0 Å². The van der Waals surface area contributed by atoms with E-state index in [0.717, 1.165) is 50.9 Å². The van der Waals surface area contributed by atoms with Crippen LogP contribution < -0.4 is 5.32 Å². The summed E-state index contributed by atoms with van der Waals surface area (Å²) in [5.74, 6) is -1.97. The molecule has 3 fully saturated rings. The average molecular weight is 547 g/mol. The third-order valence-electron chi connectivity index (χ3n) is 7.93. The lowest BCUT2D eigenvalue weighted by Crippen LogP contribution is -2.46. The van der Waals surface area contributed by atoms with Gasteiger partial charge in [0.05, 0.1) is 0 Å². The van der Waals surface area contributed by atoms with Gasteiger partial charge in [0.2, 0.25) is 5.79 Å². The van der Waals surface area contributed by atoms with Gasteiger partial charge in [-0.3, -0.25) is 5.32 Å². The molecule has 4 rings (SSSR count). The van der Waals surface area contributed by atoms with Crippen LogP contribution in [0.1, 0.15) is 90.5 Å². The molecule has 0 saturated carbocycles. The highest BCUT2D eigenvalue weighted by molar-refractivity contribution is 5.84. The van der Waals surface area contributed by atoms with Gasteiger partial charge in [-0.2, -0.15) is 0 Å². The van der Waals surface area contributed by atoms with Gasteiger partial charge in [0.1, 0.15) is 12.7 Å². The number of likely N-dealkylation sites (tertiary alicyclic amines) is 1. The molecular formula is C31H50N2O6. The first-order valence-corrected chi connectivity index (χ1v) is 15.2. The molecule has 3 saturated heterocycles. The molecule has 3 heterocycles. The molecule has 1 N–H and O–H groups in total. The van der Waals surface area contributed by atoms with Gasteiger partial charge < -0.3 is 28.6 Å². The number of fused-ring (bicyclic) bond motifs is 1. The SMILES string of the molecule is CCCCCCCOC[C@@]12O[C@@H](CCCN3CCCCC3)[C@@H](OC(=O)Nc3ccc(C)cc3)[C@@H]1OC(C)(C)O2. The molecule has 1 aromatic rings. The Hall–Kier alpha value is -1.71. The quantitative estimate of drug-likeness (QED) is 0.270. The number of aryl methyl sites for hydroxylation is 1. The van der Waals surface area contributed by atoms with Crippen molar-refractivity contribution < 1.29 is 28.5 Å². The van der Waals surface area contributed by atoms with Crippen LogP contribution in [0.25, 0.3) is 0 Å². The summed E-state index contributed by atoms with van der Waals surface area (Å²) < 4.78 is 31.5. The van der Waals surface area contributed by atoms with Crippen molar-refractivity contribution in [1.29, 1.82) is 0 Å². The summed E-state index contributed by atoms with van der Waals surface area (Å²) in [7, 11) is 0. The maximum atomic E-state index is 13.0. The first kappa shape index (κ1) is 30.3. The molecule has 0 radical (unpaired) electrons. The Morgan fingerprint density at radius 2 is 1.77 bits per heavy atom. The lowest BCUT2D eigenvalue weighted by atomic mass is 10.0. The van der Waals surface area contributed by atoms with Crippen LogP contribution in [-0.4, -0.2) is 73.7 Å². The molecule has 4 atom stereocenters. The minimum Gasteiger partial charge on any atom is -0.440 e. The number of unbranched alkanes of at least 4 members (excludes halogenated alkanes) is 4. The predicted octanol–water partition coefficient (Wildman–Crippen LogP) is 6.41. The number of benzene rings is 1. The molecule has 0 spiro atoms. The van der Waals surface area contributed by atoms with Crippen LogP contribution in [0.4, 0.5) is 10.5 Å². The molecule has 220 valence electrons. The Balaban J connectivity index is 1.41. The molecule has 1 amide bonds. The maximum absolute atomic E-state index is 13.0. The Labute approximate surface area is 235 Å². The predicted molar refractivity (Wildman–Crippen MR) is 152 cm³/mol. The van der Waals surface area contributed by atoms with E-state index in [2.05, 4.69) is 17.1 Å². The van der Waals surface area contributed by atoms with E-state index in [1.54, 1.807) is 0 Å². The van der Waals surface area contributed by atoms with Crippen LogP contribution in [0.5, 0.6) is 0 Å². The van der Waals surface area contributed by atoms with Crippen molar-refractivity contribution in [3.8, 4) is 0 Å². The third-order valence-corrected chi connectivity index (χ3v) is 7.93. The van der Waals surface area contributed by atoms with Crippen molar-refractivity contribution in [2.45, 2.75) is 122 Å². The zero-order valence-corrected chi connectivity index (χ0v) is 24.5. The number of nitrogens with one attached hydrogen (secondary N) is 1. The number of amides is 1. The molecule has 39 heavy (non-hydrogen) atoms. The van der Waals surface area contributed by atoms with E-state index >= 15 is 0 Å². The highest BCUT2D eigenvalue weighted by Gasteiger charge is 2.66. The van der Waals surface area contributed by atoms with Crippen LogP contribution >= 0.6 is 0 Å². The number of nitrogens with zero attached hydrogens (tertiary/aromatic N) is 1. The number of hydrogen-bond acceptors (Lipinski definition) is 7. The molecule has 0 bridgehead atoms. The molecule has 8 heteroatoms. The van der Waals surface area contributed by atoms with Gasteiger partial charge in [0, 0.05) is 12.3 Å². The fourth-order valence-electron chi connectivity index (χ4n) is 5.96. The van der Waals surface area contributed by atoms with Crippen molar-refractivity contribution in [2.24, 2.45) is 0 Å². The zero-order chi connectivity index (χ0) is 27.7. The van der Waals surface area contributed by atoms with Gasteiger partial charge in [-0.05, 0) is 84.6 Å². The van der Waals surface area contributed by atoms with Gasteiger partial charge in [-0.15, -0.1) is 0 Å².